The van der Waals surface area contributed by atoms with Crippen LogP contribution in [0.25, 0.3) is 22.3 Å². The maximum Gasteiger partial charge on any atom is 0.165 e. The van der Waals surface area contributed by atoms with Crippen LogP contribution >= 0.6 is 23.2 Å². The van der Waals surface area contributed by atoms with Crippen molar-refractivity contribution in [2.75, 3.05) is 36.0 Å². The summed E-state index contributed by atoms with van der Waals surface area (Å²) in [7, 11) is 0. The number of nitrogens with zero attached hydrogens (tertiary/aromatic N) is 5. The first kappa shape index (κ1) is 20.7. The second-order valence-electron chi connectivity index (χ2n) is 7.48. The van der Waals surface area contributed by atoms with E-state index in [4.69, 9.17) is 28.2 Å². The van der Waals surface area contributed by atoms with Crippen LogP contribution in [0, 0.1) is 5.82 Å². The number of phenolic OH excluding ortho intramolecular Hbond substituents is 1. The Morgan fingerprint density at radius 3 is 2.28 bits per heavy atom. The van der Waals surface area contributed by atoms with Crippen LogP contribution in [0.3, 0.4) is 0 Å². The molecule has 5 rings (SSSR count). The lowest BCUT2D eigenvalue weighted by Gasteiger charge is -2.37. The van der Waals surface area contributed by atoms with Crippen molar-refractivity contribution in [3.05, 3.63) is 70.7 Å². The molecule has 0 aliphatic carbocycles. The Hall–Kier alpha value is -3.16. The number of pyridine rings is 1. The van der Waals surface area contributed by atoms with Gasteiger partial charge in [0.2, 0.25) is 0 Å². The Balaban J connectivity index is 1.52. The molecule has 0 amide bonds. The molecule has 1 aliphatic rings. The van der Waals surface area contributed by atoms with E-state index in [0.29, 0.717) is 64.3 Å². The third kappa shape index (κ3) is 3.78. The van der Waals surface area contributed by atoms with Crippen molar-refractivity contribution in [2.45, 2.75) is 0 Å². The molecule has 32 heavy (non-hydrogen) atoms. The van der Waals surface area contributed by atoms with Crippen molar-refractivity contribution < 1.29 is 9.50 Å². The molecule has 6 nitrogen and oxygen atoms in total. The third-order valence-corrected chi connectivity index (χ3v) is 6.06. The second kappa shape index (κ2) is 8.41. The highest BCUT2D eigenvalue weighted by Crippen LogP contribution is 2.35. The van der Waals surface area contributed by atoms with Crippen LogP contribution in [-0.4, -0.2) is 46.2 Å². The van der Waals surface area contributed by atoms with Crippen LogP contribution in [-0.2, 0) is 0 Å². The summed E-state index contributed by atoms with van der Waals surface area (Å²) in [5.41, 5.74) is 1.89. The maximum absolute atomic E-state index is 14.1. The summed E-state index contributed by atoms with van der Waals surface area (Å²) in [5, 5.41) is 11.9. The van der Waals surface area contributed by atoms with Crippen LogP contribution in [0.15, 0.2) is 54.9 Å². The lowest BCUT2D eigenvalue weighted by molar-refractivity contribution is 0.477. The van der Waals surface area contributed by atoms with Gasteiger partial charge < -0.3 is 14.9 Å². The fourth-order valence-corrected chi connectivity index (χ4v) is 4.56. The minimum absolute atomic E-state index is 0.0895. The van der Waals surface area contributed by atoms with Gasteiger partial charge in [-0.2, -0.15) is 0 Å². The zero-order valence-corrected chi connectivity index (χ0v) is 18.4. The zero-order chi connectivity index (χ0) is 22.2. The summed E-state index contributed by atoms with van der Waals surface area (Å²) in [6.07, 6.45) is 3.16. The molecule has 0 atom stereocenters. The van der Waals surface area contributed by atoms with Crippen LogP contribution in [0.2, 0.25) is 10.0 Å². The highest BCUT2D eigenvalue weighted by molar-refractivity contribution is 6.38. The molecule has 1 aliphatic heterocycles. The molecule has 3 heterocycles. The minimum atomic E-state index is -0.355. The predicted molar refractivity (Wildman–Crippen MR) is 125 cm³/mol. The molecule has 2 aromatic heterocycles. The molecule has 0 saturated carbocycles. The van der Waals surface area contributed by atoms with Gasteiger partial charge >= 0.3 is 0 Å². The van der Waals surface area contributed by atoms with E-state index in [1.54, 1.807) is 36.7 Å². The number of phenols is 1. The summed E-state index contributed by atoms with van der Waals surface area (Å²) < 4.78 is 14.1. The first-order chi connectivity index (χ1) is 15.5. The van der Waals surface area contributed by atoms with Crippen LogP contribution < -0.4 is 9.80 Å². The smallest absolute Gasteiger partial charge is 0.165 e. The van der Waals surface area contributed by atoms with Crippen molar-refractivity contribution in [2.24, 2.45) is 0 Å². The molecule has 0 bridgehead atoms. The number of hydrogen-bond donors (Lipinski definition) is 1. The lowest BCUT2D eigenvalue weighted by Crippen LogP contribution is -2.47. The van der Waals surface area contributed by atoms with Gasteiger partial charge in [-0.1, -0.05) is 35.3 Å². The summed E-state index contributed by atoms with van der Waals surface area (Å²) in [5.74, 6) is 0.748. The Morgan fingerprint density at radius 2 is 1.56 bits per heavy atom. The third-order valence-electron chi connectivity index (χ3n) is 5.51. The summed E-state index contributed by atoms with van der Waals surface area (Å²) in [6, 6.07) is 11.4. The van der Waals surface area contributed by atoms with Gasteiger partial charge in [0, 0.05) is 44.0 Å². The van der Waals surface area contributed by atoms with Crippen LogP contribution in [0.4, 0.5) is 15.9 Å². The molecule has 0 unspecified atom stereocenters. The lowest BCUT2D eigenvalue weighted by atomic mass is 10.1. The molecule has 1 N–H and O–H groups in total. The van der Waals surface area contributed by atoms with E-state index < -0.39 is 0 Å². The number of para-hydroxylation sites is 1. The zero-order valence-electron chi connectivity index (χ0n) is 16.8. The van der Waals surface area contributed by atoms with Crippen molar-refractivity contribution in [1.29, 1.82) is 0 Å². The van der Waals surface area contributed by atoms with Gasteiger partial charge in [-0.05, 0) is 30.3 Å². The molecule has 162 valence electrons. The van der Waals surface area contributed by atoms with Gasteiger partial charge in [-0.25, -0.2) is 14.4 Å². The van der Waals surface area contributed by atoms with Crippen LogP contribution in [0.5, 0.6) is 5.75 Å². The first-order valence-corrected chi connectivity index (χ1v) is 10.8. The normalized spacial score (nSPS) is 14.2. The minimum Gasteiger partial charge on any atom is -0.507 e. The van der Waals surface area contributed by atoms with Crippen molar-refractivity contribution in [3.63, 3.8) is 0 Å². The number of fused-ring (bicyclic) bond motifs is 1. The highest BCUT2D eigenvalue weighted by Gasteiger charge is 2.24. The van der Waals surface area contributed by atoms with Crippen molar-refractivity contribution in [3.8, 4) is 17.1 Å². The number of hydrogen-bond acceptors (Lipinski definition) is 6. The van der Waals surface area contributed by atoms with Gasteiger partial charge in [0.25, 0.3) is 0 Å². The van der Waals surface area contributed by atoms with Crippen LogP contribution in [0.1, 0.15) is 0 Å². The molecule has 9 heteroatoms. The van der Waals surface area contributed by atoms with E-state index in [1.807, 2.05) is 6.07 Å². The number of anilines is 2. The van der Waals surface area contributed by atoms with Gasteiger partial charge in [-0.15, -0.1) is 0 Å². The van der Waals surface area contributed by atoms with E-state index in [2.05, 4.69) is 19.8 Å². The quantitative estimate of drug-likeness (QED) is 0.446. The van der Waals surface area contributed by atoms with Gasteiger partial charge in [0.05, 0.1) is 26.8 Å². The SMILES string of the molecule is Oc1ccccc1-c1nc(N2CCN(c3c(Cl)cncc3Cl)CC2)c2cc(F)ccc2n1. The van der Waals surface area contributed by atoms with E-state index in [9.17, 15) is 9.50 Å². The average Bonchev–Trinajstić information content (AvgIpc) is 2.79. The standard InChI is InChI=1S/C23H18Cl2FN5O/c24-17-12-27-13-18(25)21(17)30-7-9-31(10-8-30)23-16-11-14(26)5-6-19(16)28-22(29-23)15-3-1-2-4-20(15)32/h1-6,11-13,32H,7-10H2. The number of benzene rings is 2. The van der Waals surface area contributed by atoms with E-state index >= 15 is 0 Å². The number of aromatic hydroxyl groups is 1. The largest absolute Gasteiger partial charge is 0.507 e. The Morgan fingerprint density at radius 1 is 0.875 bits per heavy atom. The van der Waals surface area contributed by atoms with E-state index in [0.717, 1.165) is 5.69 Å². The van der Waals surface area contributed by atoms with E-state index in [1.165, 1.54) is 12.1 Å². The van der Waals surface area contributed by atoms with Gasteiger partial charge in [-0.3, -0.25) is 4.98 Å². The topological polar surface area (TPSA) is 65.4 Å². The Bertz CT molecular complexity index is 1290. The molecular weight excluding hydrogens is 452 g/mol. The maximum atomic E-state index is 14.1. The number of piperazine rings is 1. The van der Waals surface area contributed by atoms with Crippen molar-refractivity contribution >= 4 is 45.6 Å². The highest BCUT2D eigenvalue weighted by atomic mass is 35.5. The second-order valence-corrected chi connectivity index (χ2v) is 8.29. The molecule has 0 radical (unpaired) electrons. The Kier molecular flexibility index (Phi) is 5.45. The number of aromatic nitrogens is 3. The summed E-state index contributed by atoms with van der Waals surface area (Å²) in [6.45, 7) is 2.54. The van der Waals surface area contributed by atoms with Gasteiger partial charge in [0.1, 0.15) is 17.4 Å². The molecule has 1 saturated heterocycles. The molecule has 1 fully saturated rings. The monoisotopic (exact) mass is 469 g/mol. The first-order valence-electron chi connectivity index (χ1n) is 10.1. The summed E-state index contributed by atoms with van der Waals surface area (Å²) in [4.78, 5) is 17.5. The van der Waals surface area contributed by atoms with Crippen molar-refractivity contribution in [1.82, 2.24) is 15.0 Å². The molecule has 2 aromatic carbocycles. The number of halogens is 3. The fraction of sp³-hybridized carbons (Fsp3) is 0.174. The average molecular weight is 470 g/mol. The summed E-state index contributed by atoms with van der Waals surface area (Å²) >= 11 is 12.7. The van der Waals surface area contributed by atoms with E-state index in [-0.39, 0.29) is 11.6 Å². The molecule has 0 spiro atoms. The predicted octanol–water partition coefficient (Wildman–Crippen LogP) is 5.17. The fourth-order valence-electron chi connectivity index (χ4n) is 3.96. The molecule has 4 aromatic rings. The Labute approximate surface area is 193 Å². The van der Waals surface area contributed by atoms with Gasteiger partial charge in [0.15, 0.2) is 5.82 Å². The molecular formula is C23H18Cl2FN5O. The number of rotatable bonds is 3.